The summed E-state index contributed by atoms with van der Waals surface area (Å²) in [5.41, 5.74) is 2.53. The molecule has 1 heterocycles. The molecule has 2 fully saturated rings. The highest BCUT2D eigenvalue weighted by molar-refractivity contribution is 9.10. The molecule has 1 aromatic carbocycles. The first-order valence-electron chi connectivity index (χ1n) is 10.9. The first-order chi connectivity index (χ1) is 13.7. The number of hydrogen-bond acceptors (Lipinski definition) is 1. The summed E-state index contributed by atoms with van der Waals surface area (Å²) >= 11 is 3.51. The second-order valence-electron chi connectivity index (χ2n) is 8.49. The van der Waals surface area contributed by atoms with Crippen LogP contribution in [0.3, 0.4) is 0 Å². The third kappa shape index (κ3) is 4.71. The maximum Gasteiger partial charge on any atom is 0.226 e. The van der Waals surface area contributed by atoms with Gasteiger partial charge in [-0.05, 0) is 55.5 Å². The highest BCUT2D eigenvalue weighted by atomic mass is 79.9. The molecule has 0 aliphatic heterocycles. The van der Waals surface area contributed by atoms with Crippen molar-refractivity contribution in [3.63, 3.8) is 0 Å². The molecule has 0 bridgehead atoms. The first kappa shape index (κ1) is 19.8. The lowest BCUT2D eigenvalue weighted by molar-refractivity contribution is -0.139. The van der Waals surface area contributed by atoms with Gasteiger partial charge >= 0.3 is 0 Å². The molecule has 0 saturated heterocycles. The van der Waals surface area contributed by atoms with Crippen LogP contribution in [0.5, 0.6) is 0 Å². The molecule has 2 aromatic rings. The predicted molar refractivity (Wildman–Crippen MR) is 117 cm³/mol. The molecule has 1 aromatic heterocycles. The zero-order chi connectivity index (χ0) is 19.3. The Morgan fingerprint density at radius 1 is 0.964 bits per heavy atom. The Morgan fingerprint density at radius 3 is 2.36 bits per heavy atom. The minimum absolute atomic E-state index is 0.261. The topological polar surface area (TPSA) is 25.2 Å². The lowest BCUT2D eigenvalue weighted by atomic mass is 9.92. The average molecular weight is 443 g/mol. The van der Waals surface area contributed by atoms with E-state index >= 15 is 0 Å². The van der Waals surface area contributed by atoms with Crippen molar-refractivity contribution in [3.8, 4) is 0 Å². The minimum Gasteiger partial charge on any atom is -0.345 e. The Morgan fingerprint density at radius 2 is 1.64 bits per heavy atom. The van der Waals surface area contributed by atoms with Gasteiger partial charge in [0.05, 0.1) is 6.54 Å². The van der Waals surface area contributed by atoms with Crippen molar-refractivity contribution >= 4 is 21.8 Å². The van der Waals surface area contributed by atoms with Crippen LogP contribution in [0.25, 0.3) is 0 Å². The summed E-state index contributed by atoms with van der Waals surface area (Å²) in [5.74, 6) is 0.678. The van der Waals surface area contributed by atoms with Crippen LogP contribution in [-0.2, 0) is 17.9 Å². The molecule has 2 aliphatic carbocycles. The summed E-state index contributed by atoms with van der Waals surface area (Å²) in [5, 5.41) is 0. The number of nitrogens with zero attached hydrogens (tertiary/aromatic N) is 2. The van der Waals surface area contributed by atoms with Crippen molar-refractivity contribution in [1.82, 2.24) is 9.47 Å². The van der Waals surface area contributed by atoms with Crippen LogP contribution < -0.4 is 0 Å². The number of rotatable bonds is 6. The van der Waals surface area contributed by atoms with Gasteiger partial charge in [-0.25, -0.2) is 0 Å². The number of hydrogen-bond donors (Lipinski definition) is 0. The van der Waals surface area contributed by atoms with Gasteiger partial charge in [-0.1, -0.05) is 60.2 Å². The van der Waals surface area contributed by atoms with E-state index in [1.165, 1.54) is 56.2 Å². The molecule has 150 valence electrons. The van der Waals surface area contributed by atoms with E-state index < -0.39 is 0 Å². The van der Waals surface area contributed by atoms with Crippen LogP contribution in [0, 0.1) is 5.92 Å². The Labute approximate surface area is 177 Å². The Kier molecular flexibility index (Phi) is 6.56. The maximum atomic E-state index is 13.4. The molecule has 2 saturated carbocycles. The molecule has 28 heavy (non-hydrogen) atoms. The van der Waals surface area contributed by atoms with Gasteiger partial charge < -0.3 is 9.47 Å². The van der Waals surface area contributed by atoms with E-state index in [0.717, 1.165) is 30.4 Å². The van der Waals surface area contributed by atoms with Crippen molar-refractivity contribution < 1.29 is 4.79 Å². The standard InChI is InChI=1S/C24H31BrN2O/c25-21-14-12-19(13-15-21)17-26-16-6-11-23(26)18-27(22-9-2-1-3-10-22)24(28)20-7-4-5-8-20/h6,11-16,20,22H,1-5,7-10,17-18H2. The van der Waals surface area contributed by atoms with E-state index in [2.05, 4.69) is 68.0 Å². The van der Waals surface area contributed by atoms with Gasteiger partial charge in [-0.3, -0.25) is 4.79 Å². The number of carbonyl (C=O) groups is 1. The van der Waals surface area contributed by atoms with Crippen molar-refractivity contribution in [3.05, 3.63) is 58.3 Å². The zero-order valence-corrected chi connectivity index (χ0v) is 18.2. The molecule has 0 unspecified atom stereocenters. The van der Waals surface area contributed by atoms with E-state index in [4.69, 9.17) is 0 Å². The minimum atomic E-state index is 0.261. The Bertz CT molecular complexity index is 770. The average Bonchev–Trinajstić information content (AvgIpc) is 3.40. The number of aromatic nitrogens is 1. The van der Waals surface area contributed by atoms with E-state index in [-0.39, 0.29) is 5.92 Å². The Balaban J connectivity index is 1.52. The molecule has 0 spiro atoms. The normalized spacial score (nSPS) is 18.5. The van der Waals surface area contributed by atoms with Gasteiger partial charge in [-0.15, -0.1) is 0 Å². The van der Waals surface area contributed by atoms with E-state index in [1.54, 1.807) is 0 Å². The van der Waals surface area contributed by atoms with Crippen LogP contribution in [0.2, 0.25) is 0 Å². The summed E-state index contributed by atoms with van der Waals surface area (Å²) in [6.07, 6.45) is 12.9. The van der Waals surface area contributed by atoms with Crippen molar-refractivity contribution in [2.75, 3.05) is 0 Å². The molecule has 0 atom stereocenters. The fourth-order valence-electron chi connectivity index (χ4n) is 4.90. The zero-order valence-electron chi connectivity index (χ0n) is 16.7. The highest BCUT2D eigenvalue weighted by Crippen LogP contribution is 2.31. The van der Waals surface area contributed by atoms with Gasteiger partial charge in [0.2, 0.25) is 5.91 Å². The van der Waals surface area contributed by atoms with Crippen molar-refractivity contribution in [2.24, 2.45) is 5.92 Å². The van der Waals surface area contributed by atoms with Crippen LogP contribution in [0.15, 0.2) is 47.1 Å². The Hall–Kier alpha value is -1.55. The van der Waals surface area contributed by atoms with Gasteiger partial charge in [0.25, 0.3) is 0 Å². The molecule has 3 nitrogen and oxygen atoms in total. The second kappa shape index (κ2) is 9.30. The lowest BCUT2D eigenvalue weighted by Crippen LogP contribution is -2.44. The molecule has 4 rings (SSSR count). The molecule has 0 radical (unpaired) electrons. The van der Waals surface area contributed by atoms with Crippen molar-refractivity contribution in [2.45, 2.75) is 76.9 Å². The second-order valence-corrected chi connectivity index (χ2v) is 9.41. The van der Waals surface area contributed by atoms with Crippen molar-refractivity contribution in [1.29, 1.82) is 0 Å². The largest absolute Gasteiger partial charge is 0.345 e. The third-order valence-corrected chi connectivity index (χ3v) is 7.05. The predicted octanol–water partition coefficient (Wildman–Crippen LogP) is 6.15. The highest BCUT2D eigenvalue weighted by Gasteiger charge is 2.32. The van der Waals surface area contributed by atoms with E-state index in [1.807, 2.05) is 0 Å². The lowest BCUT2D eigenvalue weighted by Gasteiger charge is -2.36. The summed E-state index contributed by atoms with van der Waals surface area (Å²) in [4.78, 5) is 15.6. The first-order valence-corrected chi connectivity index (χ1v) is 11.7. The van der Waals surface area contributed by atoms with Crippen LogP contribution in [-0.4, -0.2) is 21.4 Å². The van der Waals surface area contributed by atoms with Gasteiger partial charge in [-0.2, -0.15) is 0 Å². The molecular weight excluding hydrogens is 412 g/mol. The van der Waals surface area contributed by atoms with Gasteiger partial charge in [0.1, 0.15) is 0 Å². The maximum absolute atomic E-state index is 13.4. The molecule has 4 heteroatoms. The number of halogens is 1. The van der Waals surface area contributed by atoms with E-state index in [0.29, 0.717) is 11.9 Å². The van der Waals surface area contributed by atoms with E-state index in [9.17, 15) is 4.79 Å². The summed E-state index contributed by atoms with van der Waals surface area (Å²) < 4.78 is 3.41. The number of benzene rings is 1. The fraction of sp³-hybridized carbons (Fsp3) is 0.542. The molecule has 0 N–H and O–H groups in total. The van der Waals surface area contributed by atoms with Gasteiger partial charge in [0, 0.05) is 34.9 Å². The fourth-order valence-corrected chi connectivity index (χ4v) is 5.16. The molecular formula is C24H31BrN2O. The van der Waals surface area contributed by atoms with Crippen LogP contribution in [0.1, 0.15) is 69.0 Å². The molecule has 2 aliphatic rings. The third-order valence-electron chi connectivity index (χ3n) is 6.53. The summed E-state index contributed by atoms with van der Waals surface area (Å²) in [6, 6.07) is 13.3. The molecule has 1 amide bonds. The van der Waals surface area contributed by atoms with Crippen LogP contribution >= 0.6 is 15.9 Å². The monoisotopic (exact) mass is 442 g/mol. The summed E-state index contributed by atoms with van der Waals surface area (Å²) in [7, 11) is 0. The van der Waals surface area contributed by atoms with Crippen LogP contribution in [0.4, 0.5) is 0 Å². The van der Waals surface area contributed by atoms with Gasteiger partial charge in [0.15, 0.2) is 0 Å². The number of carbonyl (C=O) groups excluding carboxylic acids is 1. The smallest absolute Gasteiger partial charge is 0.226 e. The SMILES string of the molecule is O=C(C1CCCC1)N(Cc1cccn1Cc1ccc(Br)cc1)C1CCCCC1. The summed E-state index contributed by atoms with van der Waals surface area (Å²) in [6.45, 7) is 1.61. The quantitative estimate of drug-likeness (QED) is 0.526. The number of amides is 1.